The number of nitrogens with zero attached hydrogens (tertiary/aromatic N) is 1. The summed E-state index contributed by atoms with van der Waals surface area (Å²) in [6.07, 6.45) is 4.68. The number of carbonyl (C=O) groups is 2. The average molecular weight is 392 g/mol. The van der Waals surface area contributed by atoms with Gasteiger partial charge in [0.2, 0.25) is 11.8 Å². The lowest BCUT2D eigenvalue weighted by molar-refractivity contribution is -0.129. The smallest absolute Gasteiger partial charge is 0.223 e. The summed E-state index contributed by atoms with van der Waals surface area (Å²) in [5.74, 6) is -0.140. The Labute approximate surface area is 172 Å². The van der Waals surface area contributed by atoms with Gasteiger partial charge in [0.25, 0.3) is 0 Å². The van der Waals surface area contributed by atoms with Crippen molar-refractivity contribution in [2.24, 2.45) is 0 Å². The van der Waals surface area contributed by atoms with E-state index in [0.717, 1.165) is 23.1 Å². The molecule has 3 rings (SSSR count). The van der Waals surface area contributed by atoms with Crippen LogP contribution in [0.2, 0.25) is 0 Å². The quantitative estimate of drug-likeness (QED) is 0.684. The van der Waals surface area contributed by atoms with Gasteiger partial charge in [0.1, 0.15) is 0 Å². The molecule has 2 amide bonds. The summed E-state index contributed by atoms with van der Waals surface area (Å²) in [5.41, 5.74) is 3.19. The predicted octanol–water partition coefficient (Wildman–Crippen LogP) is 4.23. The third-order valence-corrected chi connectivity index (χ3v) is 5.13. The van der Waals surface area contributed by atoms with Gasteiger partial charge in [0, 0.05) is 26.3 Å². The summed E-state index contributed by atoms with van der Waals surface area (Å²) < 4.78 is 5.84. The topological polar surface area (TPSA) is 58.6 Å². The number of hydrogen-bond donors (Lipinski definition) is 1. The Balaban J connectivity index is 1.46. The monoisotopic (exact) mass is 392 g/mol. The maximum absolute atomic E-state index is 12.5. The van der Waals surface area contributed by atoms with Crippen molar-refractivity contribution < 1.29 is 14.3 Å². The van der Waals surface area contributed by atoms with Crippen LogP contribution in [0.4, 0.5) is 0 Å². The van der Waals surface area contributed by atoms with E-state index < -0.39 is 0 Å². The standard InChI is InChI=1S/C24H28N2O3/c1-18(20-9-4-3-5-10-20)29-16-8-14-25-24(28)17-23-22-12-7-6-11-21(22)13-15-26(23)19(2)27/h3-7,9-13,15,18,23H,8,14,16-17H2,1-2H3,(H,25,28)/t18-,23-/m1/s1. The molecular weight excluding hydrogens is 364 g/mol. The first-order valence-corrected chi connectivity index (χ1v) is 10.1. The Bertz CT molecular complexity index is 863. The molecule has 0 aliphatic carbocycles. The zero-order chi connectivity index (χ0) is 20.6. The number of ether oxygens (including phenoxy) is 1. The van der Waals surface area contributed by atoms with Crippen molar-refractivity contribution >= 4 is 17.9 Å². The summed E-state index contributed by atoms with van der Waals surface area (Å²) in [6.45, 7) is 4.67. The Hall–Kier alpha value is -2.92. The Morgan fingerprint density at radius 1 is 1.10 bits per heavy atom. The minimum absolute atomic E-state index is 0.0292. The Kier molecular flexibility index (Phi) is 7.19. The highest BCUT2D eigenvalue weighted by molar-refractivity contribution is 5.81. The van der Waals surface area contributed by atoms with Crippen LogP contribution in [0.25, 0.3) is 6.08 Å². The van der Waals surface area contributed by atoms with Crippen molar-refractivity contribution in [2.45, 2.75) is 38.8 Å². The molecule has 1 heterocycles. The van der Waals surface area contributed by atoms with E-state index in [1.54, 1.807) is 11.1 Å². The first-order chi connectivity index (χ1) is 14.1. The van der Waals surface area contributed by atoms with Gasteiger partial charge in [-0.3, -0.25) is 9.59 Å². The van der Waals surface area contributed by atoms with Crippen molar-refractivity contribution in [2.75, 3.05) is 13.2 Å². The molecule has 5 heteroatoms. The molecular formula is C24H28N2O3. The third-order valence-electron chi connectivity index (χ3n) is 5.13. The van der Waals surface area contributed by atoms with Crippen LogP contribution in [-0.2, 0) is 14.3 Å². The van der Waals surface area contributed by atoms with E-state index in [1.807, 2.05) is 67.6 Å². The van der Waals surface area contributed by atoms with Gasteiger partial charge in [-0.15, -0.1) is 0 Å². The normalized spacial score (nSPS) is 16.2. The SMILES string of the molecule is CC(=O)N1C=Cc2ccccc2[C@H]1CC(=O)NCCCO[C@H](C)c1ccccc1. The van der Waals surface area contributed by atoms with Gasteiger partial charge in [-0.2, -0.15) is 0 Å². The van der Waals surface area contributed by atoms with Crippen molar-refractivity contribution in [3.63, 3.8) is 0 Å². The van der Waals surface area contributed by atoms with E-state index in [1.165, 1.54) is 6.92 Å². The second-order valence-electron chi connectivity index (χ2n) is 7.22. The lowest BCUT2D eigenvalue weighted by Crippen LogP contribution is -2.35. The van der Waals surface area contributed by atoms with E-state index in [4.69, 9.17) is 4.74 Å². The number of nitrogens with one attached hydrogen (secondary N) is 1. The van der Waals surface area contributed by atoms with Gasteiger partial charge in [0.05, 0.1) is 18.6 Å². The number of benzene rings is 2. The maximum Gasteiger partial charge on any atom is 0.223 e. The summed E-state index contributed by atoms with van der Waals surface area (Å²) >= 11 is 0. The lowest BCUT2D eigenvalue weighted by Gasteiger charge is -2.32. The number of rotatable bonds is 8. The van der Waals surface area contributed by atoms with E-state index in [0.29, 0.717) is 13.2 Å². The fourth-order valence-electron chi connectivity index (χ4n) is 3.54. The summed E-state index contributed by atoms with van der Waals surface area (Å²) in [6, 6.07) is 17.7. The number of hydrogen-bond acceptors (Lipinski definition) is 3. The molecule has 0 bridgehead atoms. The van der Waals surface area contributed by atoms with Crippen LogP contribution in [0.3, 0.4) is 0 Å². The molecule has 0 saturated heterocycles. The average Bonchev–Trinajstić information content (AvgIpc) is 2.74. The van der Waals surface area contributed by atoms with Crippen LogP contribution in [0.15, 0.2) is 60.8 Å². The van der Waals surface area contributed by atoms with Gasteiger partial charge >= 0.3 is 0 Å². The molecule has 0 fully saturated rings. The highest BCUT2D eigenvalue weighted by Crippen LogP contribution is 2.32. The molecule has 1 aliphatic heterocycles. The molecule has 0 spiro atoms. The minimum atomic E-state index is -0.275. The van der Waals surface area contributed by atoms with E-state index in [-0.39, 0.29) is 30.4 Å². The Morgan fingerprint density at radius 2 is 1.83 bits per heavy atom. The van der Waals surface area contributed by atoms with Gasteiger partial charge < -0.3 is 15.0 Å². The van der Waals surface area contributed by atoms with Crippen LogP contribution in [-0.4, -0.2) is 29.9 Å². The molecule has 152 valence electrons. The minimum Gasteiger partial charge on any atom is -0.374 e. The van der Waals surface area contributed by atoms with Crippen LogP contribution in [0.1, 0.15) is 55.5 Å². The lowest BCUT2D eigenvalue weighted by atomic mass is 9.93. The molecule has 2 aromatic rings. The molecule has 5 nitrogen and oxygen atoms in total. The van der Waals surface area contributed by atoms with E-state index >= 15 is 0 Å². The third kappa shape index (κ3) is 5.55. The zero-order valence-electron chi connectivity index (χ0n) is 17.0. The second-order valence-corrected chi connectivity index (χ2v) is 7.22. The van der Waals surface area contributed by atoms with Crippen molar-refractivity contribution in [1.29, 1.82) is 0 Å². The highest BCUT2D eigenvalue weighted by atomic mass is 16.5. The Morgan fingerprint density at radius 3 is 2.59 bits per heavy atom. The predicted molar refractivity (Wildman–Crippen MR) is 114 cm³/mol. The van der Waals surface area contributed by atoms with Crippen molar-refractivity contribution in [3.05, 3.63) is 77.5 Å². The van der Waals surface area contributed by atoms with Gasteiger partial charge in [-0.05, 0) is 36.1 Å². The van der Waals surface area contributed by atoms with Crippen molar-refractivity contribution in [1.82, 2.24) is 10.2 Å². The van der Waals surface area contributed by atoms with E-state index in [2.05, 4.69) is 5.32 Å². The first-order valence-electron chi connectivity index (χ1n) is 10.1. The van der Waals surface area contributed by atoms with Gasteiger partial charge in [-0.25, -0.2) is 0 Å². The van der Waals surface area contributed by atoms with Crippen LogP contribution < -0.4 is 5.32 Å². The zero-order valence-corrected chi connectivity index (χ0v) is 17.0. The fraction of sp³-hybridized carbons (Fsp3) is 0.333. The van der Waals surface area contributed by atoms with Gasteiger partial charge in [0.15, 0.2) is 0 Å². The second kappa shape index (κ2) is 10.0. The van der Waals surface area contributed by atoms with Crippen molar-refractivity contribution in [3.8, 4) is 0 Å². The van der Waals surface area contributed by atoms with E-state index in [9.17, 15) is 9.59 Å². The molecule has 0 aromatic heterocycles. The number of carbonyl (C=O) groups excluding carboxylic acids is 2. The fourth-order valence-corrected chi connectivity index (χ4v) is 3.54. The summed E-state index contributed by atoms with van der Waals surface area (Å²) in [7, 11) is 0. The summed E-state index contributed by atoms with van der Waals surface area (Å²) in [4.78, 5) is 26.1. The number of fused-ring (bicyclic) bond motifs is 1. The first kappa shape index (κ1) is 20.8. The highest BCUT2D eigenvalue weighted by Gasteiger charge is 2.27. The van der Waals surface area contributed by atoms with Crippen LogP contribution in [0, 0.1) is 0 Å². The molecule has 2 aromatic carbocycles. The molecule has 0 unspecified atom stereocenters. The van der Waals surface area contributed by atoms with Gasteiger partial charge in [-0.1, -0.05) is 54.6 Å². The summed E-state index contributed by atoms with van der Waals surface area (Å²) in [5, 5.41) is 2.95. The molecule has 1 aliphatic rings. The molecule has 0 radical (unpaired) electrons. The molecule has 0 saturated carbocycles. The maximum atomic E-state index is 12.5. The molecule has 2 atom stereocenters. The number of amides is 2. The van der Waals surface area contributed by atoms with Crippen LogP contribution in [0.5, 0.6) is 0 Å². The van der Waals surface area contributed by atoms with Crippen LogP contribution >= 0.6 is 0 Å². The largest absolute Gasteiger partial charge is 0.374 e. The molecule has 1 N–H and O–H groups in total. The molecule has 29 heavy (non-hydrogen) atoms.